The number of nitrogens with zero attached hydrogens (tertiary/aromatic N) is 3. The van der Waals surface area contributed by atoms with Gasteiger partial charge in [0, 0.05) is 39.1 Å². The van der Waals surface area contributed by atoms with Crippen LogP contribution in [0, 0.1) is 5.41 Å². The molecular weight excluding hydrogens is 266 g/mol. The first-order valence-corrected chi connectivity index (χ1v) is 7.53. The lowest BCUT2D eigenvalue weighted by atomic mass is 9.78. The first kappa shape index (κ1) is 14.0. The summed E-state index contributed by atoms with van der Waals surface area (Å²) in [6.45, 7) is 2.11. The average Bonchev–Trinajstić information content (AvgIpc) is 2.91. The fraction of sp³-hybridized carbons (Fsp3) is 0.562. The third-order valence-corrected chi connectivity index (χ3v) is 4.73. The van der Waals surface area contributed by atoms with Crippen molar-refractivity contribution in [2.45, 2.75) is 25.7 Å². The summed E-state index contributed by atoms with van der Waals surface area (Å²) in [7, 11) is 1.86. The molecule has 2 saturated heterocycles. The number of rotatable bonds is 2. The number of likely N-dealkylation sites (tertiary alicyclic amines) is 2. The number of carbonyl (C=O) groups excluding carboxylic acids is 2. The van der Waals surface area contributed by atoms with E-state index >= 15 is 0 Å². The zero-order chi connectivity index (χ0) is 14.9. The third-order valence-electron chi connectivity index (χ3n) is 4.73. The molecule has 1 aromatic rings. The van der Waals surface area contributed by atoms with Crippen LogP contribution in [0.2, 0.25) is 0 Å². The molecule has 1 atom stereocenters. The number of pyridine rings is 1. The van der Waals surface area contributed by atoms with Crippen LogP contribution in [0.4, 0.5) is 0 Å². The Bertz CT molecular complexity index is 546. The van der Waals surface area contributed by atoms with E-state index in [0.29, 0.717) is 19.5 Å². The van der Waals surface area contributed by atoms with Crippen LogP contribution < -0.4 is 0 Å². The number of hydrogen-bond acceptors (Lipinski definition) is 3. The van der Waals surface area contributed by atoms with E-state index in [-0.39, 0.29) is 17.2 Å². The number of aromatic nitrogens is 1. The molecule has 5 heteroatoms. The maximum Gasteiger partial charge on any atom is 0.230 e. The molecule has 0 aliphatic carbocycles. The number of hydrogen-bond donors (Lipinski definition) is 0. The summed E-state index contributed by atoms with van der Waals surface area (Å²) in [5.41, 5.74) is 0.605. The summed E-state index contributed by atoms with van der Waals surface area (Å²) < 4.78 is 0. The van der Waals surface area contributed by atoms with Crippen LogP contribution in [0.3, 0.4) is 0 Å². The molecule has 3 rings (SSSR count). The second-order valence-corrected chi connectivity index (χ2v) is 6.21. The van der Waals surface area contributed by atoms with Crippen molar-refractivity contribution in [1.29, 1.82) is 0 Å². The Morgan fingerprint density at radius 1 is 1.38 bits per heavy atom. The Labute approximate surface area is 124 Å². The fourth-order valence-electron chi connectivity index (χ4n) is 3.52. The van der Waals surface area contributed by atoms with E-state index in [1.165, 1.54) is 0 Å². The van der Waals surface area contributed by atoms with Crippen LogP contribution in [0.1, 0.15) is 24.8 Å². The second kappa shape index (κ2) is 5.47. The molecule has 0 saturated carbocycles. The molecule has 0 N–H and O–H groups in total. The van der Waals surface area contributed by atoms with Crippen molar-refractivity contribution < 1.29 is 9.59 Å². The van der Waals surface area contributed by atoms with Crippen LogP contribution >= 0.6 is 0 Å². The van der Waals surface area contributed by atoms with Gasteiger partial charge in [-0.25, -0.2) is 0 Å². The predicted octanol–water partition coefficient (Wildman–Crippen LogP) is 1.09. The number of piperidine rings is 1. The van der Waals surface area contributed by atoms with Gasteiger partial charge < -0.3 is 9.80 Å². The zero-order valence-electron chi connectivity index (χ0n) is 12.4. The summed E-state index contributed by atoms with van der Waals surface area (Å²) in [5.74, 6) is 0.311. The van der Waals surface area contributed by atoms with Gasteiger partial charge in [-0.15, -0.1) is 0 Å². The molecular formula is C16H21N3O2. The van der Waals surface area contributed by atoms with Crippen LogP contribution in [-0.2, 0) is 16.0 Å². The number of carbonyl (C=O) groups is 2. The molecule has 21 heavy (non-hydrogen) atoms. The molecule has 0 radical (unpaired) electrons. The van der Waals surface area contributed by atoms with E-state index in [1.807, 2.05) is 29.0 Å². The average molecular weight is 287 g/mol. The SMILES string of the molecule is CN1CCC[C@@]2(CCN(C(=O)Cc3cccnc3)C2)C1=O. The predicted molar refractivity (Wildman–Crippen MR) is 78.4 cm³/mol. The van der Waals surface area contributed by atoms with Crippen molar-refractivity contribution in [3.05, 3.63) is 30.1 Å². The molecule has 5 nitrogen and oxygen atoms in total. The van der Waals surface area contributed by atoms with Crippen LogP contribution in [0.25, 0.3) is 0 Å². The molecule has 1 aromatic heterocycles. The van der Waals surface area contributed by atoms with Gasteiger partial charge >= 0.3 is 0 Å². The monoisotopic (exact) mass is 287 g/mol. The van der Waals surface area contributed by atoms with Crippen molar-refractivity contribution in [1.82, 2.24) is 14.8 Å². The lowest BCUT2D eigenvalue weighted by Gasteiger charge is -2.37. The summed E-state index contributed by atoms with van der Waals surface area (Å²) in [5, 5.41) is 0. The zero-order valence-corrected chi connectivity index (χ0v) is 12.4. The highest BCUT2D eigenvalue weighted by molar-refractivity contribution is 5.86. The standard InChI is InChI=1S/C16H21N3O2/c1-18-8-3-5-16(15(18)21)6-9-19(12-16)14(20)10-13-4-2-7-17-11-13/h2,4,7,11H,3,5-6,8-10,12H2,1H3/t16-/m0/s1. The Morgan fingerprint density at radius 2 is 2.24 bits per heavy atom. The third kappa shape index (κ3) is 2.64. The molecule has 2 fully saturated rings. The highest BCUT2D eigenvalue weighted by atomic mass is 16.2. The van der Waals surface area contributed by atoms with Crippen LogP contribution in [-0.4, -0.2) is 53.3 Å². The molecule has 2 aliphatic rings. The Hall–Kier alpha value is -1.91. The largest absolute Gasteiger partial charge is 0.345 e. The van der Waals surface area contributed by atoms with Crippen molar-refractivity contribution in [2.75, 3.05) is 26.7 Å². The highest BCUT2D eigenvalue weighted by Gasteiger charge is 2.48. The van der Waals surface area contributed by atoms with Gasteiger partial charge in [0.15, 0.2) is 0 Å². The Morgan fingerprint density at radius 3 is 3.00 bits per heavy atom. The van der Waals surface area contributed by atoms with Gasteiger partial charge in [0.1, 0.15) is 0 Å². The van der Waals surface area contributed by atoms with Gasteiger partial charge in [-0.05, 0) is 30.9 Å². The molecule has 0 aromatic carbocycles. The van der Waals surface area contributed by atoms with Crippen LogP contribution in [0.15, 0.2) is 24.5 Å². The first-order valence-electron chi connectivity index (χ1n) is 7.53. The topological polar surface area (TPSA) is 53.5 Å². The molecule has 2 aliphatic heterocycles. The van der Waals surface area contributed by atoms with Gasteiger partial charge in [0.25, 0.3) is 0 Å². The van der Waals surface area contributed by atoms with Gasteiger partial charge in [-0.3, -0.25) is 14.6 Å². The van der Waals surface area contributed by atoms with Crippen molar-refractivity contribution in [3.8, 4) is 0 Å². The number of amides is 2. The summed E-state index contributed by atoms with van der Waals surface area (Å²) in [4.78, 5) is 32.6. The minimum Gasteiger partial charge on any atom is -0.345 e. The smallest absolute Gasteiger partial charge is 0.230 e. The van der Waals surface area contributed by atoms with E-state index in [0.717, 1.165) is 31.4 Å². The molecule has 0 bridgehead atoms. The van der Waals surface area contributed by atoms with Crippen molar-refractivity contribution in [2.24, 2.45) is 5.41 Å². The summed E-state index contributed by atoms with van der Waals surface area (Å²) >= 11 is 0. The molecule has 0 unspecified atom stereocenters. The first-order chi connectivity index (χ1) is 10.1. The van der Waals surface area contributed by atoms with Gasteiger partial charge in [-0.2, -0.15) is 0 Å². The Kier molecular flexibility index (Phi) is 3.66. The lowest BCUT2D eigenvalue weighted by Crippen LogP contribution is -2.48. The second-order valence-electron chi connectivity index (χ2n) is 6.21. The van der Waals surface area contributed by atoms with E-state index in [1.54, 1.807) is 12.4 Å². The molecule has 1 spiro atoms. The van der Waals surface area contributed by atoms with E-state index < -0.39 is 0 Å². The summed E-state index contributed by atoms with van der Waals surface area (Å²) in [6, 6.07) is 3.75. The minimum absolute atomic E-state index is 0.0981. The van der Waals surface area contributed by atoms with Gasteiger partial charge in [0.2, 0.25) is 11.8 Å². The molecule has 112 valence electrons. The molecule has 2 amide bonds. The minimum atomic E-state index is -0.322. The maximum absolute atomic E-state index is 12.5. The maximum atomic E-state index is 12.5. The fourth-order valence-corrected chi connectivity index (χ4v) is 3.52. The molecule has 3 heterocycles. The van der Waals surface area contributed by atoms with Gasteiger partial charge in [-0.1, -0.05) is 6.07 Å². The van der Waals surface area contributed by atoms with Crippen molar-refractivity contribution >= 4 is 11.8 Å². The van der Waals surface area contributed by atoms with Gasteiger partial charge in [0.05, 0.1) is 11.8 Å². The lowest BCUT2D eigenvalue weighted by molar-refractivity contribution is -0.144. The van der Waals surface area contributed by atoms with E-state index in [2.05, 4.69) is 4.98 Å². The highest BCUT2D eigenvalue weighted by Crippen LogP contribution is 2.39. The normalized spacial score (nSPS) is 25.7. The Balaban J connectivity index is 1.66. The van der Waals surface area contributed by atoms with E-state index in [4.69, 9.17) is 0 Å². The van der Waals surface area contributed by atoms with Crippen LogP contribution in [0.5, 0.6) is 0 Å². The van der Waals surface area contributed by atoms with Crippen molar-refractivity contribution in [3.63, 3.8) is 0 Å². The summed E-state index contributed by atoms with van der Waals surface area (Å²) in [6.07, 6.45) is 6.54. The van der Waals surface area contributed by atoms with E-state index in [9.17, 15) is 9.59 Å². The quantitative estimate of drug-likeness (QED) is 0.818.